The van der Waals surface area contributed by atoms with Crippen LogP contribution in [0.15, 0.2) is 24.5 Å². The fourth-order valence-corrected chi connectivity index (χ4v) is 1.62. The average molecular weight is 216 g/mol. The van der Waals surface area contributed by atoms with E-state index in [0.29, 0.717) is 17.1 Å². The first-order valence-electron chi connectivity index (χ1n) is 4.90. The molecule has 0 bridgehead atoms. The van der Waals surface area contributed by atoms with E-state index in [1.165, 1.54) is 6.33 Å². The Balaban J connectivity index is 2.62. The number of ether oxygens (including phenoxy) is 1. The highest BCUT2D eigenvalue weighted by atomic mass is 16.5. The summed E-state index contributed by atoms with van der Waals surface area (Å²) in [6.07, 6.45) is 2.25. The summed E-state index contributed by atoms with van der Waals surface area (Å²) in [6, 6.07) is 5.77. The number of carbonyl (C=O) groups excluding carboxylic acids is 1. The summed E-state index contributed by atoms with van der Waals surface area (Å²) in [5.41, 5.74) is 3.00. The monoisotopic (exact) mass is 216 g/mol. The van der Waals surface area contributed by atoms with Gasteiger partial charge in [-0.2, -0.15) is 0 Å². The van der Waals surface area contributed by atoms with Gasteiger partial charge in [0.25, 0.3) is 0 Å². The third-order valence-electron chi connectivity index (χ3n) is 2.40. The Morgan fingerprint density at radius 1 is 1.44 bits per heavy atom. The van der Waals surface area contributed by atoms with Crippen molar-refractivity contribution < 1.29 is 9.53 Å². The number of aromatic amines is 1. The second kappa shape index (κ2) is 4.18. The number of aldehydes is 1. The number of H-pyrrole nitrogens is 1. The SMILES string of the molecule is COc1ccc(C)cc1-c1nc[nH]c1C=O. The minimum Gasteiger partial charge on any atom is -0.496 e. The molecule has 0 spiro atoms. The molecule has 0 saturated heterocycles. The Kier molecular flexibility index (Phi) is 2.72. The van der Waals surface area contributed by atoms with Crippen molar-refractivity contribution in [3.63, 3.8) is 0 Å². The van der Waals surface area contributed by atoms with Crippen LogP contribution in [-0.2, 0) is 0 Å². The number of benzene rings is 1. The molecule has 0 aliphatic carbocycles. The van der Waals surface area contributed by atoms with Gasteiger partial charge in [0.15, 0.2) is 6.29 Å². The van der Waals surface area contributed by atoms with Crippen molar-refractivity contribution in [2.24, 2.45) is 0 Å². The molecule has 0 atom stereocenters. The molecule has 0 saturated carbocycles. The summed E-state index contributed by atoms with van der Waals surface area (Å²) in [5.74, 6) is 0.709. The molecule has 4 nitrogen and oxygen atoms in total. The Morgan fingerprint density at radius 3 is 2.94 bits per heavy atom. The fraction of sp³-hybridized carbons (Fsp3) is 0.167. The predicted molar refractivity (Wildman–Crippen MR) is 60.7 cm³/mol. The lowest BCUT2D eigenvalue weighted by Gasteiger charge is -2.07. The second-order valence-electron chi connectivity index (χ2n) is 3.49. The number of methoxy groups -OCH3 is 1. The van der Waals surface area contributed by atoms with Crippen LogP contribution in [0.1, 0.15) is 16.1 Å². The Hall–Kier alpha value is -2.10. The maximum atomic E-state index is 10.8. The first kappa shape index (κ1) is 10.4. The molecule has 0 radical (unpaired) electrons. The number of nitrogens with zero attached hydrogens (tertiary/aromatic N) is 1. The second-order valence-corrected chi connectivity index (χ2v) is 3.49. The molecule has 2 aromatic rings. The van der Waals surface area contributed by atoms with E-state index in [2.05, 4.69) is 9.97 Å². The number of aromatic nitrogens is 2. The molecule has 82 valence electrons. The van der Waals surface area contributed by atoms with E-state index < -0.39 is 0 Å². The molecule has 16 heavy (non-hydrogen) atoms. The van der Waals surface area contributed by atoms with E-state index in [0.717, 1.165) is 17.4 Å². The van der Waals surface area contributed by atoms with Gasteiger partial charge in [-0.3, -0.25) is 4.79 Å². The normalized spacial score (nSPS) is 10.1. The number of aryl methyl sites for hydroxylation is 1. The maximum absolute atomic E-state index is 10.8. The molecule has 0 aliphatic rings. The van der Waals surface area contributed by atoms with Gasteiger partial charge in [0.1, 0.15) is 17.1 Å². The molecule has 0 unspecified atom stereocenters. The zero-order valence-electron chi connectivity index (χ0n) is 9.15. The van der Waals surface area contributed by atoms with Crippen LogP contribution in [0.25, 0.3) is 11.3 Å². The van der Waals surface area contributed by atoms with Crippen molar-refractivity contribution in [3.8, 4) is 17.0 Å². The quantitative estimate of drug-likeness (QED) is 0.800. The van der Waals surface area contributed by atoms with Gasteiger partial charge >= 0.3 is 0 Å². The topological polar surface area (TPSA) is 55.0 Å². The van der Waals surface area contributed by atoms with E-state index in [4.69, 9.17) is 4.74 Å². The van der Waals surface area contributed by atoms with Gasteiger partial charge in [-0.25, -0.2) is 4.98 Å². The minimum absolute atomic E-state index is 0.462. The van der Waals surface area contributed by atoms with Gasteiger partial charge in [-0.1, -0.05) is 11.6 Å². The smallest absolute Gasteiger partial charge is 0.168 e. The largest absolute Gasteiger partial charge is 0.496 e. The maximum Gasteiger partial charge on any atom is 0.168 e. The Morgan fingerprint density at radius 2 is 2.25 bits per heavy atom. The summed E-state index contributed by atoms with van der Waals surface area (Å²) in [7, 11) is 1.60. The van der Waals surface area contributed by atoms with Crippen LogP contribution in [0.5, 0.6) is 5.75 Å². The summed E-state index contributed by atoms with van der Waals surface area (Å²) in [6.45, 7) is 1.98. The van der Waals surface area contributed by atoms with Crippen molar-refractivity contribution in [3.05, 3.63) is 35.8 Å². The first-order chi connectivity index (χ1) is 7.76. The lowest BCUT2D eigenvalue weighted by molar-refractivity contribution is 0.112. The number of hydrogen-bond acceptors (Lipinski definition) is 3. The van der Waals surface area contributed by atoms with Crippen LogP contribution >= 0.6 is 0 Å². The summed E-state index contributed by atoms with van der Waals surface area (Å²) in [4.78, 5) is 17.8. The highest BCUT2D eigenvalue weighted by Crippen LogP contribution is 2.30. The van der Waals surface area contributed by atoms with Gasteiger partial charge < -0.3 is 9.72 Å². The molecule has 4 heteroatoms. The molecular weight excluding hydrogens is 204 g/mol. The number of rotatable bonds is 3. The van der Waals surface area contributed by atoms with Gasteiger partial charge in [0.2, 0.25) is 0 Å². The van der Waals surface area contributed by atoms with Gasteiger partial charge in [-0.05, 0) is 19.1 Å². The van der Waals surface area contributed by atoms with E-state index in [1.54, 1.807) is 7.11 Å². The lowest BCUT2D eigenvalue weighted by atomic mass is 10.1. The first-order valence-corrected chi connectivity index (χ1v) is 4.90. The molecule has 1 aromatic heterocycles. The van der Waals surface area contributed by atoms with Crippen LogP contribution in [0.3, 0.4) is 0 Å². The summed E-state index contributed by atoms with van der Waals surface area (Å²) < 4.78 is 5.25. The summed E-state index contributed by atoms with van der Waals surface area (Å²) >= 11 is 0. The molecule has 1 aromatic carbocycles. The van der Waals surface area contributed by atoms with E-state index in [9.17, 15) is 4.79 Å². The highest BCUT2D eigenvalue weighted by molar-refractivity contribution is 5.85. The number of hydrogen-bond donors (Lipinski definition) is 1. The zero-order valence-corrected chi connectivity index (χ0v) is 9.15. The number of nitrogens with one attached hydrogen (secondary N) is 1. The molecule has 1 N–H and O–H groups in total. The highest BCUT2D eigenvalue weighted by Gasteiger charge is 2.12. The van der Waals surface area contributed by atoms with Crippen molar-refractivity contribution in [1.82, 2.24) is 9.97 Å². The third kappa shape index (κ3) is 1.69. The van der Waals surface area contributed by atoms with Gasteiger partial charge in [0.05, 0.1) is 13.4 Å². The van der Waals surface area contributed by atoms with Crippen molar-refractivity contribution in [2.45, 2.75) is 6.92 Å². The lowest BCUT2D eigenvalue weighted by Crippen LogP contribution is -1.92. The van der Waals surface area contributed by atoms with Crippen LogP contribution in [0, 0.1) is 6.92 Å². The van der Waals surface area contributed by atoms with Crippen LogP contribution < -0.4 is 4.74 Å². The average Bonchev–Trinajstić information content (AvgIpc) is 2.76. The van der Waals surface area contributed by atoms with Crippen molar-refractivity contribution in [2.75, 3.05) is 7.11 Å². The fourth-order valence-electron chi connectivity index (χ4n) is 1.62. The van der Waals surface area contributed by atoms with Crippen molar-refractivity contribution in [1.29, 1.82) is 0 Å². The molecule has 0 amide bonds. The Labute approximate surface area is 93.3 Å². The molecular formula is C12H12N2O2. The third-order valence-corrected chi connectivity index (χ3v) is 2.40. The molecule has 0 aliphatic heterocycles. The van der Waals surface area contributed by atoms with E-state index >= 15 is 0 Å². The van der Waals surface area contributed by atoms with Gasteiger partial charge in [0, 0.05) is 5.56 Å². The Bertz CT molecular complexity index is 517. The number of carbonyl (C=O) groups is 1. The minimum atomic E-state index is 0.462. The zero-order chi connectivity index (χ0) is 11.5. The van der Waals surface area contributed by atoms with E-state index in [1.807, 2.05) is 25.1 Å². The van der Waals surface area contributed by atoms with Crippen LogP contribution in [-0.4, -0.2) is 23.4 Å². The van der Waals surface area contributed by atoms with Gasteiger partial charge in [-0.15, -0.1) is 0 Å². The predicted octanol–water partition coefficient (Wildman–Crippen LogP) is 2.21. The molecule has 0 fully saturated rings. The standard InChI is InChI=1S/C12H12N2O2/c1-8-3-4-11(16-2)9(5-8)12-10(6-15)13-7-14-12/h3-7H,1-2H3,(H,13,14). The summed E-state index contributed by atoms with van der Waals surface area (Å²) in [5, 5.41) is 0. The van der Waals surface area contributed by atoms with Crippen molar-refractivity contribution >= 4 is 6.29 Å². The molecule has 2 rings (SSSR count). The molecule has 1 heterocycles. The van der Waals surface area contributed by atoms with Crippen LogP contribution in [0.2, 0.25) is 0 Å². The van der Waals surface area contributed by atoms with Crippen LogP contribution in [0.4, 0.5) is 0 Å². The number of imidazole rings is 1. The van der Waals surface area contributed by atoms with E-state index in [-0.39, 0.29) is 0 Å².